The smallest absolute Gasteiger partial charge is 0.238 e. The van der Waals surface area contributed by atoms with Gasteiger partial charge in [0, 0.05) is 0 Å². The Kier molecular flexibility index (Phi) is 7.78. The van der Waals surface area contributed by atoms with E-state index in [4.69, 9.17) is 4.74 Å². The summed E-state index contributed by atoms with van der Waals surface area (Å²) in [6.45, 7) is 3.19. The lowest BCUT2D eigenvalue weighted by Crippen LogP contribution is -2.46. The third-order valence-corrected chi connectivity index (χ3v) is 5.05. The fraction of sp³-hybridized carbons (Fsp3) is 0.467. The average Bonchev–Trinajstić information content (AvgIpc) is 2.53. The summed E-state index contributed by atoms with van der Waals surface area (Å²) in [6.07, 6.45) is 0. The van der Waals surface area contributed by atoms with Crippen molar-refractivity contribution in [1.29, 1.82) is 0 Å². The van der Waals surface area contributed by atoms with Crippen LogP contribution in [0.1, 0.15) is 24.0 Å². The summed E-state index contributed by atoms with van der Waals surface area (Å²) in [6, 6.07) is 7.09. The lowest BCUT2D eigenvalue weighted by molar-refractivity contribution is -0.126. The van der Waals surface area contributed by atoms with Crippen LogP contribution in [-0.2, 0) is 9.59 Å². The Balaban J connectivity index is 2.72. The van der Waals surface area contributed by atoms with Crippen molar-refractivity contribution in [2.75, 3.05) is 14.2 Å². The highest BCUT2D eigenvalue weighted by Crippen LogP contribution is 2.35. The highest BCUT2D eigenvalue weighted by atomic mass is 32.2. The normalized spacial score (nSPS) is 14.8. The van der Waals surface area contributed by atoms with Gasteiger partial charge >= 0.3 is 0 Å². The minimum atomic E-state index is -0.632. The van der Waals surface area contributed by atoms with E-state index in [0.717, 1.165) is 11.3 Å². The predicted molar refractivity (Wildman–Crippen MR) is 93.4 cm³/mol. The number of methoxy groups -OCH3 is 1. The third kappa shape index (κ3) is 5.55. The standard InChI is InChI=1S/C15H22N2O3S2/c1-9(16-3)13(19)17-14(10(2)18)22-15(21)11-5-7-12(20-4)8-6-11/h5-9,14-16,21H,1-4H3,(H,17,19). The van der Waals surface area contributed by atoms with Crippen molar-refractivity contribution in [3.05, 3.63) is 29.8 Å². The number of hydrogen-bond acceptors (Lipinski definition) is 6. The van der Waals surface area contributed by atoms with E-state index in [2.05, 4.69) is 23.3 Å². The molecule has 5 nitrogen and oxygen atoms in total. The molecule has 0 fully saturated rings. The highest BCUT2D eigenvalue weighted by Gasteiger charge is 2.23. The van der Waals surface area contributed by atoms with Gasteiger partial charge in [-0.3, -0.25) is 9.59 Å². The number of benzene rings is 1. The van der Waals surface area contributed by atoms with E-state index in [1.807, 2.05) is 24.3 Å². The predicted octanol–water partition coefficient (Wildman–Crippen LogP) is 2.00. The maximum atomic E-state index is 11.9. The molecule has 3 unspecified atom stereocenters. The molecule has 0 saturated carbocycles. The second-order valence-corrected chi connectivity index (χ2v) is 6.85. The number of Topliss-reactive ketones (excluding diaryl/α,β-unsaturated/α-hetero) is 1. The summed E-state index contributed by atoms with van der Waals surface area (Å²) >= 11 is 5.81. The van der Waals surface area contributed by atoms with Gasteiger partial charge < -0.3 is 15.4 Å². The van der Waals surface area contributed by atoms with Crippen molar-refractivity contribution < 1.29 is 14.3 Å². The topological polar surface area (TPSA) is 67.4 Å². The van der Waals surface area contributed by atoms with Gasteiger partial charge in [-0.1, -0.05) is 12.1 Å². The molecule has 1 amide bonds. The molecule has 1 aromatic rings. The van der Waals surface area contributed by atoms with Crippen molar-refractivity contribution in [3.8, 4) is 5.75 Å². The van der Waals surface area contributed by atoms with Gasteiger partial charge in [-0.25, -0.2) is 0 Å². The molecule has 0 saturated heterocycles. The van der Waals surface area contributed by atoms with Gasteiger partial charge in [0.05, 0.1) is 17.7 Å². The Labute approximate surface area is 141 Å². The molecule has 122 valence electrons. The largest absolute Gasteiger partial charge is 0.497 e. The molecule has 2 N–H and O–H groups in total. The summed E-state index contributed by atoms with van der Waals surface area (Å²) in [5.74, 6) is 0.424. The maximum absolute atomic E-state index is 11.9. The van der Waals surface area contributed by atoms with E-state index >= 15 is 0 Å². The summed E-state index contributed by atoms with van der Waals surface area (Å²) in [4.78, 5) is 23.7. The van der Waals surface area contributed by atoms with E-state index in [0.29, 0.717) is 0 Å². The van der Waals surface area contributed by atoms with Crippen molar-refractivity contribution >= 4 is 36.1 Å². The van der Waals surface area contributed by atoms with Crippen LogP contribution in [0.4, 0.5) is 0 Å². The Bertz CT molecular complexity index is 508. The van der Waals surface area contributed by atoms with Gasteiger partial charge in [-0.15, -0.1) is 11.8 Å². The van der Waals surface area contributed by atoms with E-state index in [9.17, 15) is 9.59 Å². The van der Waals surface area contributed by atoms with Crippen LogP contribution < -0.4 is 15.4 Å². The molecule has 0 spiro atoms. The number of ketones is 1. The molecule has 7 heteroatoms. The van der Waals surface area contributed by atoms with Crippen LogP contribution in [-0.4, -0.2) is 37.3 Å². The molecule has 0 aliphatic carbocycles. The molecular weight excluding hydrogens is 320 g/mol. The van der Waals surface area contributed by atoms with Crippen LogP contribution in [0, 0.1) is 0 Å². The van der Waals surface area contributed by atoms with E-state index in [1.165, 1.54) is 18.7 Å². The minimum Gasteiger partial charge on any atom is -0.497 e. The number of rotatable bonds is 8. The van der Waals surface area contributed by atoms with Gasteiger partial charge in [0.2, 0.25) is 5.91 Å². The SMILES string of the molecule is CNC(C)C(=O)NC(SC(S)c1ccc(OC)cc1)C(C)=O. The van der Waals surface area contributed by atoms with Crippen LogP contribution in [0.2, 0.25) is 0 Å². The zero-order valence-electron chi connectivity index (χ0n) is 13.1. The first-order valence-electron chi connectivity index (χ1n) is 6.84. The maximum Gasteiger partial charge on any atom is 0.238 e. The fourth-order valence-corrected chi connectivity index (χ4v) is 3.08. The van der Waals surface area contributed by atoms with Crippen molar-refractivity contribution in [3.63, 3.8) is 0 Å². The molecule has 1 aromatic carbocycles. The number of hydrogen-bond donors (Lipinski definition) is 3. The lowest BCUT2D eigenvalue weighted by atomic mass is 10.2. The summed E-state index contributed by atoms with van der Waals surface area (Å²) < 4.78 is 4.88. The molecule has 0 aromatic heterocycles. The van der Waals surface area contributed by atoms with Gasteiger partial charge in [-0.2, -0.15) is 12.6 Å². The number of carbonyl (C=O) groups is 2. The Morgan fingerprint density at radius 2 is 1.86 bits per heavy atom. The van der Waals surface area contributed by atoms with Gasteiger partial charge in [-0.05, 0) is 38.6 Å². The minimum absolute atomic E-state index is 0.116. The third-order valence-electron chi connectivity index (χ3n) is 3.13. The number of thioether (sulfide) groups is 1. The van der Waals surface area contributed by atoms with Gasteiger partial charge in [0.1, 0.15) is 11.1 Å². The van der Waals surface area contributed by atoms with Crippen LogP contribution >= 0.6 is 24.4 Å². The second kappa shape index (κ2) is 9.07. The fourth-order valence-electron chi connectivity index (χ4n) is 1.59. The molecular formula is C15H22N2O3S2. The number of carbonyl (C=O) groups excluding carboxylic acids is 2. The summed E-state index contributed by atoms with van der Waals surface area (Å²) in [5, 5.41) is 4.94. The lowest BCUT2D eigenvalue weighted by Gasteiger charge is -2.21. The molecule has 3 atom stereocenters. The molecule has 0 aliphatic rings. The van der Waals surface area contributed by atoms with Crippen molar-refractivity contribution in [2.24, 2.45) is 0 Å². The van der Waals surface area contributed by atoms with Crippen LogP contribution in [0.15, 0.2) is 24.3 Å². The van der Waals surface area contributed by atoms with E-state index in [1.54, 1.807) is 21.1 Å². The molecule has 22 heavy (non-hydrogen) atoms. The number of amides is 1. The molecule has 0 bridgehead atoms. The average molecular weight is 342 g/mol. The van der Waals surface area contributed by atoms with Crippen LogP contribution in [0.3, 0.4) is 0 Å². The number of ether oxygens (including phenoxy) is 1. The van der Waals surface area contributed by atoms with Crippen molar-refractivity contribution in [1.82, 2.24) is 10.6 Å². The van der Waals surface area contributed by atoms with Gasteiger partial charge in [0.25, 0.3) is 0 Å². The monoisotopic (exact) mass is 342 g/mol. The quantitative estimate of drug-likeness (QED) is 0.498. The first-order chi connectivity index (χ1) is 10.4. The summed E-state index contributed by atoms with van der Waals surface area (Å²) in [5.41, 5.74) is 0.941. The van der Waals surface area contributed by atoms with Crippen molar-refractivity contribution in [2.45, 2.75) is 29.8 Å². The molecule has 0 heterocycles. The second-order valence-electron chi connectivity index (χ2n) is 4.77. The first-order valence-corrected chi connectivity index (χ1v) is 8.30. The van der Waals surface area contributed by atoms with Crippen LogP contribution in [0.25, 0.3) is 0 Å². The zero-order valence-corrected chi connectivity index (χ0v) is 14.8. The number of likely N-dealkylation sites (N-methyl/N-ethyl adjacent to an activating group) is 1. The number of thiol groups is 1. The Morgan fingerprint density at radius 1 is 1.27 bits per heavy atom. The van der Waals surface area contributed by atoms with E-state index in [-0.39, 0.29) is 22.3 Å². The van der Waals surface area contributed by atoms with E-state index < -0.39 is 5.37 Å². The summed E-state index contributed by atoms with van der Waals surface area (Å²) in [7, 11) is 3.30. The molecule has 1 rings (SSSR count). The van der Waals surface area contributed by atoms with Gasteiger partial charge in [0.15, 0.2) is 5.78 Å². The highest BCUT2D eigenvalue weighted by molar-refractivity contribution is 8.10. The zero-order chi connectivity index (χ0) is 16.7. The number of nitrogens with one attached hydrogen (secondary N) is 2. The first kappa shape index (κ1) is 18.9. The van der Waals surface area contributed by atoms with Crippen LogP contribution in [0.5, 0.6) is 5.75 Å². The Hall–Kier alpha value is -1.18. The Morgan fingerprint density at radius 3 is 2.32 bits per heavy atom. The molecule has 0 aliphatic heterocycles. The molecule has 0 radical (unpaired) electrons.